The first kappa shape index (κ1) is 32.0. The second-order valence-corrected chi connectivity index (χ2v) is 14.9. The van der Waals surface area contributed by atoms with Crippen LogP contribution in [0.5, 0.6) is 11.9 Å². The molecule has 2 saturated heterocycles. The number of benzene rings is 1. The second kappa shape index (κ2) is 10.9. The van der Waals surface area contributed by atoms with Crippen LogP contribution in [0.2, 0.25) is 5.02 Å². The van der Waals surface area contributed by atoms with Crippen molar-refractivity contribution >= 4 is 34.0 Å². The molecule has 0 unspecified atom stereocenters. The SMILES string of the molecule is CN1c2nc(OC[C@@]34CCCN3C[C@H](F)C4)nc3c(F)c(-c4cc(N)cc(Cl)c4C(F)(F)F)nc(c23)OC2(CC(CO)C2)CC12CCC2. The van der Waals surface area contributed by atoms with Gasteiger partial charge in [0.15, 0.2) is 5.82 Å². The highest BCUT2D eigenvalue weighted by Crippen LogP contribution is 2.56. The molecule has 2 saturated carbocycles. The number of alkyl halides is 4. The lowest BCUT2D eigenvalue weighted by atomic mass is 9.60. The Morgan fingerprint density at radius 2 is 1.90 bits per heavy atom. The molecule has 3 aliphatic heterocycles. The van der Waals surface area contributed by atoms with Crippen molar-refractivity contribution in [1.29, 1.82) is 0 Å². The van der Waals surface area contributed by atoms with E-state index < -0.39 is 56.7 Å². The molecule has 2 aromatic heterocycles. The minimum absolute atomic E-state index is 0.0210. The van der Waals surface area contributed by atoms with Crippen molar-refractivity contribution in [2.45, 2.75) is 86.8 Å². The quantitative estimate of drug-likeness (QED) is 0.234. The molecule has 15 heteroatoms. The summed E-state index contributed by atoms with van der Waals surface area (Å²) in [5.41, 5.74) is 1.13. The van der Waals surface area contributed by atoms with E-state index in [-0.39, 0.29) is 53.4 Å². The Hall–Kier alpha value is -3.23. The van der Waals surface area contributed by atoms with Crippen molar-refractivity contribution in [2.75, 3.05) is 44.0 Å². The molecular formula is C33H36ClF5N6O3. The van der Waals surface area contributed by atoms with Crippen LogP contribution in [0.1, 0.15) is 63.4 Å². The maximum absolute atomic E-state index is 16.9. The first-order chi connectivity index (χ1) is 22.8. The number of fused-ring (bicyclic) bond motifs is 1. The molecule has 0 amide bonds. The van der Waals surface area contributed by atoms with Crippen LogP contribution in [0.15, 0.2) is 12.1 Å². The summed E-state index contributed by atoms with van der Waals surface area (Å²) in [5.74, 6) is -1.00. The summed E-state index contributed by atoms with van der Waals surface area (Å²) in [5, 5.41) is 9.29. The van der Waals surface area contributed by atoms with E-state index in [4.69, 9.17) is 31.8 Å². The lowest BCUT2D eigenvalue weighted by Gasteiger charge is -2.58. The van der Waals surface area contributed by atoms with Crippen LogP contribution in [0.4, 0.5) is 33.5 Å². The topological polar surface area (TPSA) is 110 Å². The highest BCUT2D eigenvalue weighted by Gasteiger charge is 2.57. The lowest BCUT2D eigenvalue weighted by Crippen LogP contribution is -2.62. The standard InChI is InChI=1S/C33H36ClF5N6O3/c1-44-27-22-26(42-29(43-27)47-16-31-6-3-7-45(31)13-18(35)12-31)24(36)25(20-8-19(40)9-21(34)23(20)33(37,38)39)41-28(22)48-32(10-17(11-32)14-46)15-30(44)4-2-5-30/h8-9,17-18,46H,2-7,10-16,40H2,1H3/t17?,18-,31+,32?/m1/s1. The number of anilines is 2. The lowest BCUT2D eigenvalue weighted by molar-refractivity contribution is -0.137. The van der Waals surface area contributed by atoms with E-state index >= 15 is 4.39 Å². The fourth-order valence-electron chi connectivity index (χ4n) is 9.04. The largest absolute Gasteiger partial charge is 0.470 e. The van der Waals surface area contributed by atoms with Crippen molar-refractivity contribution in [3.63, 3.8) is 0 Å². The van der Waals surface area contributed by atoms with Crippen LogP contribution < -0.4 is 20.1 Å². The van der Waals surface area contributed by atoms with Gasteiger partial charge in [0.25, 0.3) is 0 Å². The van der Waals surface area contributed by atoms with Crippen molar-refractivity contribution in [3.05, 3.63) is 28.5 Å². The Bertz CT molecular complexity index is 1800. The van der Waals surface area contributed by atoms with Gasteiger partial charge in [-0.3, -0.25) is 4.90 Å². The fourth-order valence-corrected chi connectivity index (χ4v) is 9.38. The summed E-state index contributed by atoms with van der Waals surface area (Å²) < 4.78 is 87.6. The Kier molecular flexibility index (Phi) is 7.26. The summed E-state index contributed by atoms with van der Waals surface area (Å²) >= 11 is 6.07. The monoisotopic (exact) mass is 694 g/mol. The molecular weight excluding hydrogens is 659 g/mol. The molecule has 4 fully saturated rings. The number of nitrogen functional groups attached to an aromatic ring is 1. The number of aliphatic hydroxyl groups is 1. The highest BCUT2D eigenvalue weighted by molar-refractivity contribution is 6.32. The van der Waals surface area contributed by atoms with Gasteiger partial charge in [0.1, 0.15) is 40.8 Å². The molecule has 9 nitrogen and oxygen atoms in total. The molecule has 5 heterocycles. The van der Waals surface area contributed by atoms with E-state index in [1.165, 1.54) is 0 Å². The van der Waals surface area contributed by atoms with Crippen LogP contribution in [0.3, 0.4) is 0 Å². The van der Waals surface area contributed by atoms with E-state index in [9.17, 15) is 22.7 Å². The number of aromatic nitrogens is 3. The first-order valence-electron chi connectivity index (χ1n) is 16.4. The zero-order chi connectivity index (χ0) is 33.8. The number of hydrogen-bond donors (Lipinski definition) is 2. The normalized spacial score (nSPS) is 29.4. The smallest absolute Gasteiger partial charge is 0.418 e. The Labute approximate surface area is 278 Å². The van der Waals surface area contributed by atoms with Crippen molar-refractivity contribution in [3.8, 4) is 23.1 Å². The number of halogens is 6. The van der Waals surface area contributed by atoms with Gasteiger partial charge in [0.05, 0.1) is 16.1 Å². The van der Waals surface area contributed by atoms with Gasteiger partial charge in [-0.1, -0.05) is 11.6 Å². The van der Waals surface area contributed by atoms with E-state index in [0.29, 0.717) is 32.2 Å². The fraction of sp³-hybridized carbons (Fsp3) is 0.606. The van der Waals surface area contributed by atoms with Gasteiger partial charge in [-0.25, -0.2) is 13.8 Å². The molecule has 3 N–H and O–H groups in total. The third-order valence-corrected chi connectivity index (χ3v) is 11.8. The van der Waals surface area contributed by atoms with Crippen molar-refractivity contribution in [1.82, 2.24) is 19.9 Å². The number of nitrogens with zero attached hydrogens (tertiary/aromatic N) is 5. The Balaban J connectivity index is 1.34. The maximum atomic E-state index is 16.9. The summed E-state index contributed by atoms with van der Waals surface area (Å²) in [6.07, 6.45) is 0.0854. The average molecular weight is 695 g/mol. The van der Waals surface area contributed by atoms with E-state index in [1.54, 1.807) is 0 Å². The zero-order valence-corrected chi connectivity index (χ0v) is 27.1. The summed E-state index contributed by atoms with van der Waals surface area (Å²) in [6.45, 7) is 1.09. The Morgan fingerprint density at radius 1 is 1.12 bits per heavy atom. The summed E-state index contributed by atoms with van der Waals surface area (Å²) in [4.78, 5) is 17.7. The number of nitrogens with two attached hydrogens (primary N) is 1. The number of hydrogen-bond acceptors (Lipinski definition) is 9. The number of pyridine rings is 1. The van der Waals surface area contributed by atoms with Crippen LogP contribution in [0, 0.1) is 11.7 Å². The minimum atomic E-state index is -4.97. The summed E-state index contributed by atoms with van der Waals surface area (Å²) in [6, 6.07) is 1.76. The second-order valence-electron chi connectivity index (χ2n) is 14.5. The molecule has 0 bridgehead atoms. The average Bonchev–Trinajstić information content (AvgIpc) is 3.50. The van der Waals surface area contributed by atoms with Gasteiger partial charge in [0, 0.05) is 49.8 Å². The molecule has 2 aliphatic carbocycles. The molecule has 1 aromatic carbocycles. The molecule has 3 aromatic rings. The maximum Gasteiger partial charge on any atom is 0.418 e. The van der Waals surface area contributed by atoms with Gasteiger partial charge < -0.3 is 25.2 Å². The molecule has 8 rings (SSSR count). The molecule has 2 spiro atoms. The highest BCUT2D eigenvalue weighted by atomic mass is 35.5. The Morgan fingerprint density at radius 3 is 2.58 bits per heavy atom. The molecule has 2 atom stereocenters. The number of aliphatic hydroxyl groups excluding tert-OH is 1. The van der Waals surface area contributed by atoms with Crippen molar-refractivity contribution < 1.29 is 36.5 Å². The van der Waals surface area contributed by atoms with E-state index in [2.05, 4.69) is 14.9 Å². The molecule has 0 radical (unpaired) electrons. The van der Waals surface area contributed by atoms with E-state index in [1.807, 2.05) is 11.9 Å². The van der Waals surface area contributed by atoms with Gasteiger partial charge in [-0.2, -0.15) is 23.1 Å². The van der Waals surface area contributed by atoms with Gasteiger partial charge in [-0.05, 0) is 69.5 Å². The predicted molar refractivity (Wildman–Crippen MR) is 168 cm³/mol. The van der Waals surface area contributed by atoms with Crippen LogP contribution >= 0.6 is 11.6 Å². The number of rotatable bonds is 5. The van der Waals surface area contributed by atoms with Crippen molar-refractivity contribution in [2.24, 2.45) is 5.92 Å². The van der Waals surface area contributed by atoms with E-state index in [0.717, 1.165) is 50.8 Å². The van der Waals surface area contributed by atoms with Crippen LogP contribution in [-0.4, -0.2) is 81.2 Å². The first-order valence-corrected chi connectivity index (χ1v) is 16.8. The third-order valence-electron chi connectivity index (χ3n) is 11.5. The van der Waals surface area contributed by atoms with Crippen LogP contribution in [0.25, 0.3) is 22.2 Å². The zero-order valence-electron chi connectivity index (χ0n) is 26.3. The molecule has 5 aliphatic rings. The van der Waals surface area contributed by atoms with Gasteiger partial charge >= 0.3 is 12.2 Å². The van der Waals surface area contributed by atoms with Crippen LogP contribution in [-0.2, 0) is 6.18 Å². The number of ether oxygens (including phenoxy) is 2. The van der Waals surface area contributed by atoms with Gasteiger partial charge in [0.2, 0.25) is 5.88 Å². The minimum Gasteiger partial charge on any atom is -0.470 e. The molecule has 48 heavy (non-hydrogen) atoms. The summed E-state index contributed by atoms with van der Waals surface area (Å²) in [7, 11) is 1.86. The molecule has 258 valence electrons. The van der Waals surface area contributed by atoms with Gasteiger partial charge in [-0.15, -0.1) is 0 Å². The predicted octanol–water partition coefficient (Wildman–Crippen LogP) is 6.32. The third kappa shape index (κ3) is 4.87.